The summed E-state index contributed by atoms with van der Waals surface area (Å²) in [6.07, 6.45) is 2.15. The minimum Gasteiger partial charge on any atom is -0.380 e. The van der Waals surface area contributed by atoms with Crippen LogP contribution in [0.25, 0.3) is 0 Å². The van der Waals surface area contributed by atoms with E-state index in [1.54, 1.807) is 0 Å². The number of rotatable bonds is 1. The van der Waals surface area contributed by atoms with Gasteiger partial charge in [-0.3, -0.25) is 4.79 Å². The summed E-state index contributed by atoms with van der Waals surface area (Å²) in [5.74, 6) is -0.197. The van der Waals surface area contributed by atoms with Gasteiger partial charge in [-0.05, 0) is 26.2 Å². The van der Waals surface area contributed by atoms with Crippen LogP contribution in [0.5, 0.6) is 0 Å². The number of ketones is 1. The molecule has 0 amide bonds. The maximum atomic E-state index is 10.8. The van der Waals surface area contributed by atoms with Gasteiger partial charge in [-0.15, -0.1) is 0 Å². The Bertz CT molecular complexity index is 158. The molecule has 58 valence electrons. The summed E-state index contributed by atoms with van der Waals surface area (Å²) >= 11 is 0. The van der Waals surface area contributed by atoms with Crippen molar-refractivity contribution >= 4 is 5.78 Å². The molecule has 0 heterocycles. The number of carbonyl (C=O) groups excluding carboxylic acids is 1. The summed E-state index contributed by atoms with van der Waals surface area (Å²) in [6.45, 7) is 1.39. The van der Waals surface area contributed by atoms with Gasteiger partial charge in [0.1, 0.15) is 5.60 Å². The van der Waals surface area contributed by atoms with Crippen molar-refractivity contribution < 1.29 is 9.90 Å². The second kappa shape index (κ2) is 2.32. The van der Waals surface area contributed by atoms with Gasteiger partial charge < -0.3 is 10.8 Å². The molecule has 0 aromatic rings. The number of carbonyl (C=O) groups is 1. The van der Waals surface area contributed by atoms with Crippen molar-refractivity contribution in [2.24, 2.45) is 5.73 Å². The van der Waals surface area contributed by atoms with Gasteiger partial charge in [0.15, 0.2) is 5.78 Å². The first-order valence-electron chi connectivity index (χ1n) is 3.56. The number of aliphatic hydroxyl groups is 1. The topological polar surface area (TPSA) is 63.3 Å². The van der Waals surface area contributed by atoms with Crippen LogP contribution < -0.4 is 5.73 Å². The fourth-order valence-corrected chi connectivity index (χ4v) is 1.45. The first-order valence-corrected chi connectivity index (χ1v) is 3.56. The fourth-order valence-electron chi connectivity index (χ4n) is 1.45. The third-order valence-electron chi connectivity index (χ3n) is 2.30. The molecule has 1 aliphatic carbocycles. The average Bonchev–Trinajstić information content (AvgIpc) is 2.15. The molecule has 0 radical (unpaired) electrons. The van der Waals surface area contributed by atoms with Crippen LogP contribution in [-0.4, -0.2) is 22.5 Å². The Morgan fingerprint density at radius 1 is 1.80 bits per heavy atom. The van der Waals surface area contributed by atoms with E-state index in [0.29, 0.717) is 6.42 Å². The van der Waals surface area contributed by atoms with Crippen LogP contribution in [0.3, 0.4) is 0 Å². The van der Waals surface area contributed by atoms with E-state index in [-0.39, 0.29) is 11.8 Å². The highest BCUT2D eigenvalue weighted by molar-refractivity contribution is 5.85. The van der Waals surface area contributed by atoms with Gasteiger partial charge in [-0.2, -0.15) is 0 Å². The summed E-state index contributed by atoms with van der Waals surface area (Å²) in [5, 5.41) is 9.56. The predicted molar refractivity (Wildman–Crippen MR) is 37.5 cm³/mol. The Morgan fingerprint density at radius 2 is 2.40 bits per heavy atom. The number of hydrogen-bond donors (Lipinski definition) is 2. The first kappa shape index (κ1) is 7.69. The molecule has 0 unspecified atom stereocenters. The van der Waals surface area contributed by atoms with Crippen LogP contribution in [0.2, 0.25) is 0 Å². The van der Waals surface area contributed by atoms with Crippen molar-refractivity contribution in [1.82, 2.24) is 0 Å². The maximum absolute atomic E-state index is 10.8. The Balaban J connectivity index is 2.75. The molecule has 0 spiro atoms. The molecule has 0 aromatic carbocycles. The highest BCUT2D eigenvalue weighted by Gasteiger charge is 2.42. The van der Waals surface area contributed by atoms with E-state index in [1.165, 1.54) is 6.92 Å². The second-order valence-electron chi connectivity index (χ2n) is 2.98. The third kappa shape index (κ3) is 0.954. The Kier molecular flexibility index (Phi) is 1.79. The zero-order valence-corrected chi connectivity index (χ0v) is 6.13. The van der Waals surface area contributed by atoms with E-state index in [4.69, 9.17) is 5.73 Å². The van der Waals surface area contributed by atoms with E-state index in [2.05, 4.69) is 0 Å². The third-order valence-corrected chi connectivity index (χ3v) is 2.30. The van der Waals surface area contributed by atoms with E-state index in [0.717, 1.165) is 12.8 Å². The van der Waals surface area contributed by atoms with Gasteiger partial charge in [0.2, 0.25) is 0 Å². The minimum atomic E-state index is -1.21. The lowest BCUT2D eigenvalue weighted by Gasteiger charge is -2.23. The number of Topliss-reactive ketones (excluding diaryl/α,β-unsaturated/α-hetero) is 1. The van der Waals surface area contributed by atoms with Crippen molar-refractivity contribution in [3.05, 3.63) is 0 Å². The van der Waals surface area contributed by atoms with Crippen LogP contribution in [0.4, 0.5) is 0 Å². The molecule has 2 atom stereocenters. The first-order chi connectivity index (χ1) is 4.57. The van der Waals surface area contributed by atoms with Crippen molar-refractivity contribution in [3.8, 4) is 0 Å². The minimum absolute atomic E-state index is 0.197. The normalized spacial score (nSPS) is 40.1. The van der Waals surface area contributed by atoms with Crippen LogP contribution in [0.15, 0.2) is 0 Å². The molecule has 3 heteroatoms. The van der Waals surface area contributed by atoms with Crippen molar-refractivity contribution in [2.45, 2.75) is 37.8 Å². The monoisotopic (exact) mass is 143 g/mol. The van der Waals surface area contributed by atoms with Gasteiger partial charge in [0.05, 0.1) is 0 Å². The quantitative estimate of drug-likeness (QED) is 0.535. The van der Waals surface area contributed by atoms with Crippen molar-refractivity contribution in [3.63, 3.8) is 0 Å². The van der Waals surface area contributed by atoms with Gasteiger partial charge in [0.25, 0.3) is 0 Å². The number of hydrogen-bond acceptors (Lipinski definition) is 3. The zero-order valence-electron chi connectivity index (χ0n) is 6.13. The molecule has 0 aliphatic heterocycles. The summed E-state index contributed by atoms with van der Waals surface area (Å²) in [4.78, 5) is 10.8. The van der Waals surface area contributed by atoms with E-state index in [1.807, 2.05) is 0 Å². The predicted octanol–water partition coefficient (Wildman–Crippen LogP) is -0.182. The fraction of sp³-hybridized carbons (Fsp3) is 0.857. The molecule has 1 rings (SSSR count). The Labute approximate surface area is 60.2 Å². The summed E-state index contributed by atoms with van der Waals surface area (Å²) in [5.41, 5.74) is 4.34. The van der Waals surface area contributed by atoms with Gasteiger partial charge >= 0.3 is 0 Å². The largest absolute Gasteiger partial charge is 0.380 e. The second-order valence-corrected chi connectivity index (χ2v) is 2.98. The molecular formula is C7H13NO2. The van der Waals surface area contributed by atoms with E-state index >= 15 is 0 Å². The molecule has 3 nitrogen and oxygen atoms in total. The van der Waals surface area contributed by atoms with Crippen LogP contribution in [0.1, 0.15) is 26.2 Å². The Hall–Kier alpha value is -0.410. The molecule has 3 N–H and O–H groups in total. The summed E-state index contributed by atoms with van der Waals surface area (Å²) in [7, 11) is 0. The smallest absolute Gasteiger partial charge is 0.162 e. The van der Waals surface area contributed by atoms with Gasteiger partial charge in [-0.1, -0.05) is 0 Å². The molecule has 0 aromatic heterocycles. The molecular weight excluding hydrogens is 130 g/mol. The SMILES string of the molecule is CC(=O)[C@]1(O)CCC[C@H]1N. The molecule has 0 saturated heterocycles. The molecule has 1 saturated carbocycles. The van der Waals surface area contributed by atoms with Crippen molar-refractivity contribution in [2.75, 3.05) is 0 Å². The van der Waals surface area contributed by atoms with Crippen LogP contribution >= 0.6 is 0 Å². The number of nitrogens with two attached hydrogens (primary N) is 1. The Morgan fingerprint density at radius 3 is 2.60 bits per heavy atom. The van der Waals surface area contributed by atoms with Crippen LogP contribution in [-0.2, 0) is 4.79 Å². The zero-order chi connectivity index (χ0) is 7.78. The van der Waals surface area contributed by atoms with Crippen LogP contribution in [0, 0.1) is 0 Å². The molecule has 1 fully saturated rings. The molecule has 0 bridgehead atoms. The van der Waals surface area contributed by atoms with E-state index in [9.17, 15) is 9.90 Å². The van der Waals surface area contributed by atoms with Gasteiger partial charge in [-0.25, -0.2) is 0 Å². The average molecular weight is 143 g/mol. The highest BCUT2D eigenvalue weighted by Crippen LogP contribution is 2.28. The van der Waals surface area contributed by atoms with Crippen molar-refractivity contribution in [1.29, 1.82) is 0 Å². The maximum Gasteiger partial charge on any atom is 0.162 e. The summed E-state index contributed by atoms with van der Waals surface area (Å²) < 4.78 is 0. The highest BCUT2D eigenvalue weighted by atomic mass is 16.3. The standard InChI is InChI=1S/C7H13NO2/c1-5(9)7(10)4-2-3-6(7)8/h6,10H,2-4,8H2,1H3/t6-,7-/m1/s1. The summed E-state index contributed by atoms with van der Waals surface area (Å²) in [6, 6.07) is -0.343. The lowest BCUT2D eigenvalue weighted by molar-refractivity contribution is -0.135. The molecule has 1 aliphatic rings. The lowest BCUT2D eigenvalue weighted by Crippen LogP contribution is -2.48. The lowest BCUT2D eigenvalue weighted by atomic mass is 9.94. The van der Waals surface area contributed by atoms with Gasteiger partial charge in [0, 0.05) is 6.04 Å². The van der Waals surface area contributed by atoms with E-state index < -0.39 is 5.60 Å². The molecule has 10 heavy (non-hydrogen) atoms.